The van der Waals surface area contributed by atoms with E-state index in [1.54, 1.807) is 12.1 Å². The van der Waals surface area contributed by atoms with E-state index in [1.807, 2.05) is 13.0 Å². The fourth-order valence-corrected chi connectivity index (χ4v) is 4.10. The molecule has 0 spiro atoms. The molecule has 1 amide bonds. The Morgan fingerprint density at radius 2 is 1.88 bits per heavy atom. The highest BCUT2D eigenvalue weighted by molar-refractivity contribution is 6.31. The minimum atomic E-state index is -0.524. The number of piperazine rings is 1. The Hall–Kier alpha value is -2.94. The molecule has 1 saturated heterocycles. The van der Waals surface area contributed by atoms with Crippen LogP contribution in [0.1, 0.15) is 12.5 Å². The topological polar surface area (TPSA) is 75.0 Å². The lowest BCUT2D eigenvalue weighted by Crippen LogP contribution is -2.48. The van der Waals surface area contributed by atoms with Crippen LogP contribution < -0.4 is 15.7 Å². The van der Waals surface area contributed by atoms with Crippen LogP contribution in [0, 0.1) is 5.82 Å². The summed E-state index contributed by atoms with van der Waals surface area (Å²) in [4.78, 5) is 28.7. The van der Waals surface area contributed by atoms with Gasteiger partial charge in [-0.1, -0.05) is 11.6 Å². The summed E-state index contributed by atoms with van der Waals surface area (Å²) >= 11 is 5.77. The molecule has 1 aliphatic heterocycles. The molecule has 1 N–H and O–H groups in total. The molecule has 0 saturated carbocycles. The third-order valence-corrected chi connectivity index (χ3v) is 5.83. The molecule has 9 heteroatoms. The maximum Gasteiger partial charge on any atom is 0.336 e. The Bertz CT molecular complexity index is 1210. The van der Waals surface area contributed by atoms with Gasteiger partial charge in [-0.25, -0.2) is 9.18 Å². The molecule has 1 aliphatic rings. The van der Waals surface area contributed by atoms with Gasteiger partial charge in [-0.3, -0.25) is 14.6 Å². The van der Waals surface area contributed by atoms with E-state index in [1.165, 1.54) is 24.3 Å². The number of amides is 1. The molecule has 33 heavy (non-hydrogen) atoms. The van der Waals surface area contributed by atoms with Crippen molar-refractivity contribution in [3.8, 4) is 5.75 Å². The van der Waals surface area contributed by atoms with Crippen LogP contribution >= 0.6 is 11.6 Å². The fraction of sp³-hybridized carbons (Fsp3) is 0.333. The first-order valence-electron chi connectivity index (χ1n) is 10.8. The molecule has 4 rings (SSSR count). The molecule has 0 radical (unpaired) electrons. The van der Waals surface area contributed by atoms with E-state index in [4.69, 9.17) is 20.8 Å². The average Bonchev–Trinajstić information content (AvgIpc) is 2.78. The van der Waals surface area contributed by atoms with Gasteiger partial charge < -0.3 is 14.5 Å². The number of hydrogen-bond donors (Lipinski definition) is 1. The lowest BCUT2D eigenvalue weighted by Gasteiger charge is -2.34. The van der Waals surface area contributed by atoms with Crippen molar-refractivity contribution in [3.05, 3.63) is 69.3 Å². The van der Waals surface area contributed by atoms with Crippen LogP contribution in [0.2, 0.25) is 5.02 Å². The number of carbonyl (C=O) groups is 1. The second kappa shape index (κ2) is 10.3. The lowest BCUT2D eigenvalue weighted by molar-refractivity contribution is -0.117. The van der Waals surface area contributed by atoms with Gasteiger partial charge in [0.2, 0.25) is 5.91 Å². The molecule has 1 fully saturated rings. The highest BCUT2D eigenvalue weighted by Gasteiger charge is 2.20. The highest BCUT2D eigenvalue weighted by Crippen LogP contribution is 2.24. The first-order valence-corrected chi connectivity index (χ1v) is 11.2. The van der Waals surface area contributed by atoms with E-state index in [0.717, 1.165) is 29.8 Å². The number of nitrogens with one attached hydrogen (secondary N) is 1. The van der Waals surface area contributed by atoms with Crippen molar-refractivity contribution < 1.29 is 18.3 Å². The van der Waals surface area contributed by atoms with Gasteiger partial charge in [-0.05, 0) is 48.9 Å². The van der Waals surface area contributed by atoms with Gasteiger partial charge in [-0.15, -0.1) is 0 Å². The Morgan fingerprint density at radius 3 is 2.61 bits per heavy atom. The van der Waals surface area contributed by atoms with Crippen LogP contribution in [-0.4, -0.2) is 55.0 Å². The molecule has 1 aromatic heterocycles. The molecule has 174 valence electrons. The minimum Gasteiger partial charge on any atom is -0.494 e. The molecule has 2 aromatic carbocycles. The number of ether oxygens (including phenoxy) is 1. The first-order chi connectivity index (χ1) is 15.9. The van der Waals surface area contributed by atoms with Gasteiger partial charge in [0.05, 0.1) is 18.2 Å². The molecule has 0 aliphatic carbocycles. The second-order valence-electron chi connectivity index (χ2n) is 7.91. The highest BCUT2D eigenvalue weighted by atomic mass is 35.5. The maximum absolute atomic E-state index is 13.3. The first kappa shape index (κ1) is 23.2. The fourth-order valence-electron chi connectivity index (χ4n) is 3.92. The Kier molecular flexibility index (Phi) is 7.27. The summed E-state index contributed by atoms with van der Waals surface area (Å²) in [6.45, 7) is 6.24. The molecule has 0 bridgehead atoms. The summed E-state index contributed by atoms with van der Waals surface area (Å²) in [5, 5.41) is 3.58. The third kappa shape index (κ3) is 5.90. The summed E-state index contributed by atoms with van der Waals surface area (Å²) in [6.07, 6.45) is 0. The molecular formula is C24H25ClFN3O4. The zero-order valence-corrected chi connectivity index (χ0v) is 19.0. The van der Waals surface area contributed by atoms with Crippen LogP contribution in [0.3, 0.4) is 0 Å². The molecule has 7 nitrogen and oxygen atoms in total. The maximum atomic E-state index is 13.3. The van der Waals surface area contributed by atoms with Crippen LogP contribution in [0.15, 0.2) is 51.7 Å². The average molecular weight is 474 g/mol. The van der Waals surface area contributed by atoms with E-state index in [0.29, 0.717) is 37.5 Å². The van der Waals surface area contributed by atoms with Crippen LogP contribution in [0.5, 0.6) is 5.75 Å². The summed E-state index contributed by atoms with van der Waals surface area (Å²) < 4.78 is 24.2. The van der Waals surface area contributed by atoms with Gasteiger partial charge in [0.1, 0.15) is 17.1 Å². The Balaban J connectivity index is 1.35. The van der Waals surface area contributed by atoms with E-state index < -0.39 is 5.82 Å². The van der Waals surface area contributed by atoms with Crippen molar-refractivity contribution in [3.63, 3.8) is 0 Å². The summed E-state index contributed by atoms with van der Waals surface area (Å²) in [7, 11) is 0. The summed E-state index contributed by atoms with van der Waals surface area (Å²) in [5.41, 5.74) is 1.52. The Labute approximate surface area is 195 Å². The predicted octanol–water partition coefficient (Wildman–Crippen LogP) is 3.74. The minimum absolute atomic E-state index is 0.0303. The van der Waals surface area contributed by atoms with E-state index in [9.17, 15) is 14.0 Å². The van der Waals surface area contributed by atoms with Crippen molar-refractivity contribution in [2.75, 3.05) is 44.6 Å². The number of hydrogen-bond acceptors (Lipinski definition) is 6. The number of halogens is 2. The summed E-state index contributed by atoms with van der Waals surface area (Å²) in [6, 6.07) is 11.1. The smallest absolute Gasteiger partial charge is 0.336 e. The van der Waals surface area contributed by atoms with Gasteiger partial charge in [0.25, 0.3) is 0 Å². The van der Waals surface area contributed by atoms with Crippen LogP contribution in [0.4, 0.5) is 10.1 Å². The van der Waals surface area contributed by atoms with Gasteiger partial charge >= 0.3 is 5.63 Å². The number of nitrogens with zero attached hydrogens (tertiary/aromatic N) is 2. The molecule has 0 atom stereocenters. The number of anilines is 1. The third-order valence-electron chi connectivity index (χ3n) is 5.54. The molecular weight excluding hydrogens is 449 g/mol. The number of carbonyl (C=O) groups excluding carboxylic acids is 1. The van der Waals surface area contributed by atoms with Gasteiger partial charge in [0, 0.05) is 49.9 Å². The zero-order valence-electron chi connectivity index (χ0n) is 18.3. The second-order valence-corrected chi connectivity index (χ2v) is 8.32. The van der Waals surface area contributed by atoms with Crippen molar-refractivity contribution in [2.45, 2.75) is 13.5 Å². The molecule has 3 aromatic rings. The van der Waals surface area contributed by atoms with E-state index in [-0.39, 0.29) is 23.1 Å². The SMILES string of the molecule is CCOc1ccc2oc(=O)cc(CN3CCN(CC(=O)Nc4ccc(F)c(Cl)c4)CC3)c2c1. The van der Waals surface area contributed by atoms with E-state index in [2.05, 4.69) is 15.1 Å². The van der Waals surface area contributed by atoms with Crippen molar-refractivity contribution in [1.29, 1.82) is 0 Å². The molecule has 0 unspecified atom stereocenters. The van der Waals surface area contributed by atoms with Crippen molar-refractivity contribution >= 4 is 34.2 Å². The standard InChI is InChI=1S/C24H25ClFN3O4/c1-2-32-18-4-6-22-19(13-18)16(11-24(31)33-22)14-28-7-9-29(10-8-28)15-23(30)27-17-3-5-21(26)20(25)12-17/h3-6,11-13H,2,7-10,14-15H2,1H3,(H,27,30). The number of benzene rings is 2. The van der Waals surface area contributed by atoms with E-state index >= 15 is 0 Å². The molecule has 2 heterocycles. The normalized spacial score (nSPS) is 15.0. The van der Waals surface area contributed by atoms with Crippen molar-refractivity contribution in [2.24, 2.45) is 0 Å². The zero-order chi connectivity index (χ0) is 23.4. The van der Waals surface area contributed by atoms with Crippen LogP contribution in [-0.2, 0) is 11.3 Å². The summed E-state index contributed by atoms with van der Waals surface area (Å²) in [5.74, 6) is 0.0310. The lowest BCUT2D eigenvalue weighted by atomic mass is 10.1. The predicted molar refractivity (Wildman–Crippen MR) is 125 cm³/mol. The van der Waals surface area contributed by atoms with Crippen LogP contribution in [0.25, 0.3) is 11.0 Å². The Morgan fingerprint density at radius 1 is 1.12 bits per heavy atom. The van der Waals surface area contributed by atoms with Gasteiger partial charge in [-0.2, -0.15) is 0 Å². The largest absolute Gasteiger partial charge is 0.494 e. The van der Waals surface area contributed by atoms with Gasteiger partial charge in [0.15, 0.2) is 0 Å². The quantitative estimate of drug-likeness (QED) is 0.527. The number of rotatable bonds is 7. The monoisotopic (exact) mass is 473 g/mol. The van der Waals surface area contributed by atoms with Crippen molar-refractivity contribution in [1.82, 2.24) is 9.80 Å². The number of fused-ring (bicyclic) bond motifs is 1.